The number of rotatable bonds is 7. The van der Waals surface area contributed by atoms with E-state index >= 15 is 0 Å². The molecule has 146 valence electrons. The van der Waals surface area contributed by atoms with E-state index in [0.717, 1.165) is 16.0 Å². The molecular weight excluding hydrogens is 381 g/mol. The van der Waals surface area contributed by atoms with Crippen molar-refractivity contribution < 1.29 is 26.4 Å². The highest BCUT2D eigenvalue weighted by molar-refractivity contribution is 7.90. The van der Waals surface area contributed by atoms with Crippen LogP contribution in [0.1, 0.15) is 18.1 Å². The van der Waals surface area contributed by atoms with Crippen LogP contribution in [-0.4, -0.2) is 25.8 Å². The molecular formula is C18H19F3N2O3S. The third-order valence-corrected chi connectivity index (χ3v) is 5.53. The number of nitrogens with one attached hydrogen (secondary N) is 2. The minimum absolute atomic E-state index is 0.0210. The lowest BCUT2D eigenvalue weighted by Crippen LogP contribution is -2.44. The first-order valence-corrected chi connectivity index (χ1v) is 9.62. The molecule has 0 spiro atoms. The van der Waals surface area contributed by atoms with Crippen LogP contribution < -0.4 is 10.0 Å². The van der Waals surface area contributed by atoms with Crippen molar-refractivity contribution in [2.45, 2.75) is 31.3 Å². The van der Waals surface area contributed by atoms with Gasteiger partial charge in [-0.2, -0.15) is 13.2 Å². The lowest BCUT2D eigenvalue weighted by molar-refractivity contribution is -0.171. The number of alkyl halides is 3. The quantitative estimate of drug-likeness (QED) is 0.748. The molecule has 0 bridgehead atoms. The number of para-hydroxylation sites is 1. The van der Waals surface area contributed by atoms with Crippen LogP contribution in [0, 0.1) is 0 Å². The summed E-state index contributed by atoms with van der Waals surface area (Å²) >= 11 is 0. The molecule has 0 aliphatic heterocycles. The number of hydrogen-bond acceptors (Lipinski definition) is 4. The molecule has 2 aromatic carbocycles. The third-order valence-electron chi connectivity index (χ3n) is 3.84. The summed E-state index contributed by atoms with van der Waals surface area (Å²) in [4.78, 5) is 10.8. The second-order valence-corrected chi connectivity index (χ2v) is 8.12. The van der Waals surface area contributed by atoms with Crippen molar-refractivity contribution in [3.8, 4) is 0 Å². The Morgan fingerprint density at radius 1 is 1.00 bits per heavy atom. The topological polar surface area (TPSA) is 75.3 Å². The van der Waals surface area contributed by atoms with E-state index in [1.54, 1.807) is 24.3 Å². The second kappa shape index (κ2) is 8.43. The molecule has 1 amide bonds. The van der Waals surface area contributed by atoms with E-state index in [9.17, 15) is 26.4 Å². The molecule has 0 heterocycles. The summed E-state index contributed by atoms with van der Waals surface area (Å²) in [7, 11) is -4.43. The third kappa shape index (κ3) is 6.28. The first-order chi connectivity index (χ1) is 12.6. The van der Waals surface area contributed by atoms with Gasteiger partial charge in [0.15, 0.2) is 0 Å². The minimum atomic E-state index is -5.25. The van der Waals surface area contributed by atoms with Gasteiger partial charge in [-0.1, -0.05) is 42.5 Å². The van der Waals surface area contributed by atoms with Crippen molar-refractivity contribution >= 4 is 21.6 Å². The second-order valence-electron chi connectivity index (χ2n) is 6.02. The number of amides is 1. The van der Waals surface area contributed by atoms with E-state index < -0.39 is 27.4 Å². The van der Waals surface area contributed by atoms with Crippen molar-refractivity contribution in [2.75, 3.05) is 5.32 Å². The molecule has 0 radical (unpaired) electrons. The molecule has 1 unspecified atom stereocenters. The zero-order valence-corrected chi connectivity index (χ0v) is 15.3. The molecule has 0 saturated heterocycles. The highest BCUT2D eigenvalue weighted by Crippen LogP contribution is 2.17. The Bertz CT molecular complexity index is 867. The predicted octanol–water partition coefficient (Wildman–Crippen LogP) is 3.24. The zero-order valence-electron chi connectivity index (χ0n) is 14.5. The summed E-state index contributed by atoms with van der Waals surface area (Å²) < 4.78 is 61.5. The van der Waals surface area contributed by atoms with Crippen molar-refractivity contribution in [2.24, 2.45) is 0 Å². The zero-order chi connectivity index (χ0) is 20.1. The molecule has 2 rings (SSSR count). The lowest BCUT2D eigenvalue weighted by Gasteiger charge is -2.15. The standard InChI is InChI=1S/C18H19F3N2O3S/c1-13(27(25,26)23-17(24)18(19,20)21)11-14-7-9-15(10-8-14)12-22-16-5-3-2-4-6-16/h2-10,13,22H,11-12H2,1H3,(H,23,24). The van der Waals surface area contributed by atoms with Crippen molar-refractivity contribution in [3.63, 3.8) is 0 Å². The molecule has 1 atom stereocenters. The van der Waals surface area contributed by atoms with Crippen LogP contribution in [0.15, 0.2) is 54.6 Å². The van der Waals surface area contributed by atoms with E-state index in [1.807, 2.05) is 30.3 Å². The van der Waals surface area contributed by atoms with Gasteiger partial charge >= 0.3 is 12.1 Å². The Labute approximate surface area is 155 Å². The lowest BCUT2D eigenvalue weighted by atomic mass is 10.1. The van der Waals surface area contributed by atoms with Crippen molar-refractivity contribution in [3.05, 3.63) is 65.7 Å². The van der Waals surface area contributed by atoms with E-state index in [0.29, 0.717) is 12.1 Å². The molecule has 2 N–H and O–H groups in total. The number of hydrogen-bond donors (Lipinski definition) is 2. The Morgan fingerprint density at radius 3 is 2.11 bits per heavy atom. The van der Waals surface area contributed by atoms with E-state index in [2.05, 4.69) is 5.32 Å². The first-order valence-electron chi connectivity index (χ1n) is 8.07. The Kier molecular flexibility index (Phi) is 6.48. The first kappa shape index (κ1) is 20.8. The summed E-state index contributed by atoms with van der Waals surface area (Å²) in [5.74, 6) is -2.49. The van der Waals surface area contributed by atoms with E-state index in [4.69, 9.17) is 0 Å². The summed E-state index contributed by atoms with van der Waals surface area (Å²) in [6, 6.07) is 16.6. The van der Waals surface area contributed by atoms with Crippen molar-refractivity contribution in [1.29, 1.82) is 0 Å². The summed E-state index contributed by atoms with van der Waals surface area (Å²) in [6.45, 7) is 1.82. The van der Waals surface area contributed by atoms with Gasteiger partial charge < -0.3 is 5.32 Å². The van der Waals surface area contributed by atoms with Crippen LogP contribution in [-0.2, 0) is 27.8 Å². The highest BCUT2D eigenvalue weighted by Gasteiger charge is 2.42. The number of carbonyl (C=O) groups is 1. The fraction of sp³-hybridized carbons (Fsp3) is 0.278. The van der Waals surface area contributed by atoms with Crippen LogP contribution in [0.5, 0.6) is 0 Å². The smallest absolute Gasteiger partial charge is 0.381 e. The molecule has 5 nitrogen and oxygen atoms in total. The number of carbonyl (C=O) groups excluding carboxylic acids is 1. The number of halogens is 3. The van der Waals surface area contributed by atoms with Crippen LogP contribution in [0.25, 0.3) is 0 Å². The monoisotopic (exact) mass is 400 g/mol. The van der Waals surface area contributed by atoms with Gasteiger partial charge in [-0.15, -0.1) is 0 Å². The largest absolute Gasteiger partial charge is 0.472 e. The molecule has 0 aliphatic carbocycles. The van der Waals surface area contributed by atoms with Crippen LogP contribution in [0.4, 0.5) is 18.9 Å². The number of sulfonamides is 1. The van der Waals surface area contributed by atoms with Crippen molar-refractivity contribution in [1.82, 2.24) is 4.72 Å². The van der Waals surface area contributed by atoms with Crippen LogP contribution in [0.2, 0.25) is 0 Å². The van der Waals surface area contributed by atoms with Crippen LogP contribution in [0.3, 0.4) is 0 Å². The van der Waals surface area contributed by atoms with Gasteiger partial charge in [0.1, 0.15) is 0 Å². The molecule has 0 aromatic heterocycles. The molecule has 27 heavy (non-hydrogen) atoms. The Hall–Kier alpha value is -2.55. The van der Waals surface area contributed by atoms with E-state index in [-0.39, 0.29) is 6.42 Å². The average molecular weight is 400 g/mol. The number of anilines is 1. The normalized spacial score (nSPS) is 13.0. The molecule has 0 aliphatic rings. The van der Waals surface area contributed by atoms with Gasteiger partial charge in [-0.25, -0.2) is 13.1 Å². The van der Waals surface area contributed by atoms with Gasteiger partial charge in [-0.3, -0.25) is 4.79 Å². The van der Waals surface area contributed by atoms with Gasteiger partial charge in [0, 0.05) is 12.2 Å². The van der Waals surface area contributed by atoms with E-state index in [1.165, 1.54) is 6.92 Å². The summed E-state index contributed by atoms with van der Waals surface area (Å²) in [5.41, 5.74) is 2.56. The fourth-order valence-corrected chi connectivity index (χ4v) is 3.27. The average Bonchev–Trinajstić information content (AvgIpc) is 2.61. The summed E-state index contributed by atoms with van der Waals surface area (Å²) in [5, 5.41) is 2.03. The molecule has 2 aromatic rings. The van der Waals surface area contributed by atoms with Gasteiger partial charge in [0.05, 0.1) is 5.25 Å². The maximum Gasteiger partial charge on any atom is 0.472 e. The fourth-order valence-electron chi connectivity index (χ4n) is 2.28. The summed E-state index contributed by atoms with van der Waals surface area (Å²) in [6.07, 6.45) is -5.27. The van der Waals surface area contributed by atoms with Gasteiger partial charge in [-0.05, 0) is 36.6 Å². The molecule has 0 saturated carbocycles. The minimum Gasteiger partial charge on any atom is -0.381 e. The van der Waals surface area contributed by atoms with Gasteiger partial charge in [0.25, 0.3) is 0 Å². The molecule has 9 heteroatoms. The van der Waals surface area contributed by atoms with Gasteiger partial charge in [0.2, 0.25) is 10.0 Å². The maximum atomic E-state index is 12.2. The van der Waals surface area contributed by atoms with Crippen LogP contribution >= 0.6 is 0 Å². The Balaban J connectivity index is 1.94. The number of benzene rings is 2. The maximum absolute atomic E-state index is 12.2. The SMILES string of the molecule is CC(Cc1ccc(CNc2ccccc2)cc1)S(=O)(=O)NC(=O)C(F)(F)F. The molecule has 0 fully saturated rings. The highest BCUT2D eigenvalue weighted by atomic mass is 32.2. The predicted molar refractivity (Wildman–Crippen MR) is 96.5 cm³/mol. The Morgan fingerprint density at radius 2 is 1.56 bits per heavy atom.